The summed E-state index contributed by atoms with van der Waals surface area (Å²) in [4.78, 5) is 27.1. The zero-order valence-corrected chi connectivity index (χ0v) is 18.9. The van der Waals surface area contributed by atoms with Gasteiger partial charge in [-0.3, -0.25) is 9.59 Å². The Bertz CT molecular complexity index is 895. The lowest BCUT2D eigenvalue weighted by Crippen LogP contribution is -2.46. The molecule has 1 aliphatic heterocycles. The number of carbonyl (C=O) groups is 2. The minimum Gasteiger partial charge on any atom is -0.493 e. The minimum atomic E-state index is -0.144. The number of rotatable bonds is 7. The Balaban J connectivity index is 1.47. The number of nitrogens with zero attached hydrogens (tertiary/aromatic N) is 1. The SMILES string of the molecule is COc1ccc(C(=O)NC2CCN(C(=O)CCc3ccccc3Br)CC2)cc1OC. The third-order valence-corrected chi connectivity index (χ3v) is 6.17. The molecule has 1 N–H and O–H groups in total. The maximum absolute atomic E-state index is 12.6. The van der Waals surface area contributed by atoms with Crippen molar-refractivity contribution in [2.24, 2.45) is 0 Å². The molecule has 0 saturated carbocycles. The lowest BCUT2D eigenvalue weighted by atomic mass is 10.0. The molecule has 1 aliphatic rings. The van der Waals surface area contributed by atoms with E-state index in [1.807, 2.05) is 29.2 Å². The summed E-state index contributed by atoms with van der Waals surface area (Å²) >= 11 is 3.53. The molecule has 0 spiro atoms. The number of halogens is 1. The lowest BCUT2D eigenvalue weighted by Gasteiger charge is -2.32. The second kappa shape index (κ2) is 10.5. The van der Waals surface area contributed by atoms with Crippen LogP contribution >= 0.6 is 15.9 Å². The van der Waals surface area contributed by atoms with Gasteiger partial charge in [0.15, 0.2) is 11.5 Å². The fraction of sp³-hybridized carbons (Fsp3) is 0.391. The van der Waals surface area contributed by atoms with E-state index in [4.69, 9.17) is 9.47 Å². The van der Waals surface area contributed by atoms with Crippen LogP contribution in [0.4, 0.5) is 0 Å². The molecule has 1 saturated heterocycles. The van der Waals surface area contributed by atoms with Gasteiger partial charge in [0.2, 0.25) is 5.91 Å². The van der Waals surface area contributed by atoms with Crippen LogP contribution in [0.1, 0.15) is 35.2 Å². The molecule has 30 heavy (non-hydrogen) atoms. The third kappa shape index (κ3) is 5.53. The number of aryl methyl sites for hydroxylation is 1. The van der Waals surface area contributed by atoms with Crippen molar-refractivity contribution in [3.8, 4) is 11.5 Å². The molecule has 1 fully saturated rings. The first-order valence-electron chi connectivity index (χ1n) is 10.1. The van der Waals surface area contributed by atoms with Gasteiger partial charge < -0.3 is 19.7 Å². The largest absolute Gasteiger partial charge is 0.493 e. The molecule has 7 heteroatoms. The van der Waals surface area contributed by atoms with Crippen LogP contribution in [0.3, 0.4) is 0 Å². The van der Waals surface area contributed by atoms with Crippen LogP contribution in [0.15, 0.2) is 46.9 Å². The fourth-order valence-corrected chi connectivity index (χ4v) is 4.10. The third-order valence-electron chi connectivity index (χ3n) is 5.39. The van der Waals surface area contributed by atoms with Gasteiger partial charge in [0.1, 0.15) is 0 Å². The molecule has 2 aromatic rings. The van der Waals surface area contributed by atoms with E-state index in [0.29, 0.717) is 36.6 Å². The maximum atomic E-state index is 12.6. The van der Waals surface area contributed by atoms with Crippen LogP contribution < -0.4 is 14.8 Å². The second-order valence-corrected chi connectivity index (χ2v) is 8.14. The van der Waals surface area contributed by atoms with Gasteiger partial charge in [-0.05, 0) is 49.1 Å². The summed E-state index contributed by atoms with van der Waals surface area (Å²) in [5, 5.41) is 3.07. The van der Waals surface area contributed by atoms with Gasteiger partial charge in [-0.1, -0.05) is 34.1 Å². The Morgan fingerprint density at radius 3 is 2.43 bits per heavy atom. The number of likely N-dealkylation sites (tertiary alicyclic amines) is 1. The summed E-state index contributed by atoms with van der Waals surface area (Å²) in [6.07, 6.45) is 2.71. The number of hydrogen-bond donors (Lipinski definition) is 1. The highest BCUT2D eigenvalue weighted by molar-refractivity contribution is 9.10. The normalized spacial score (nSPS) is 14.3. The van der Waals surface area contributed by atoms with Crippen molar-refractivity contribution in [1.82, 2.24) is 10.2 Å². The molecule has 0 atom stereocenters. The molecule has 1 heterocycles. The van der Waals surface area contributed by atoms with E-state index in [1.165, 1.54) is 0 Å². The minimum absolute atomic E-state index is 0.0536. The van der Waals surface area contributed by atoms with Crippen LogP contribution in [-0.4, -0.2) is 50.1 Å². The highest BCUT2D eigenvalue weighted by Crippen LogP contribution is 2.27. The van der Waals surface area contributed by atoms with Gasteiger partial charge in [-0.15, -0.1) is 0 Å². The Morgan fingerprint density at radius 1 is 1.07 bits per heavy atom. The van der Waals surface area contributed by atoms with E-state index in [9.17, 15) is 9.59 Å². The van der Waals surface area contributed by atoms with E-state index in [-0.39, 0.29) is 17.9 Å². The summed E-state index contributed by atoms with van der Waals surface area (Å²) in [5.41, 5.74) is 1.67. The molecule has 6 nitrogen and oxygen atoms in total. The van der Waals surface area contributed by atoms with Crippen molar-refractivity contribution in [2.75, 3.05) is 27.3 Å². The standard InChI is InChI=1S/C23H27BrN2O4/c1-29-20-9-7-17(15-21(20)30-2)23(28)25-18-11-13-26(14-12-18)22(27)10-8-16-5-3-4-6-19(16)24/h3-7,9,15,18H,8,10-14H2,1-2H3,(H,25,28). The first-order chi connectivity index (χ1) is 14.5. The summed E-state index contributed by atoms with van der Waals surface area (Å²) in [5.74, 6) is 1.13. The average molecular weight is 475 g/mol. The van der Waals surface area contributed by atoms with Gasteiger partial charge in [-0.2, -0.15) is 0 Å². The first kappa shape index (κ1) is 22.2. The smallest absolute Gasteiger partial charge is 0.251 e. The van der Waals surface area contributed by atoms with Crippen LogP contribution in [0.25, 0.3) is 0 Å². The Hall–Kier alpha value is -2.54. The van der Waals surface area contributed by atoms with E-state index in [2.05, 4.69) is 21.2 Å². The summed E-state index contributed by atoms with van der Waals surface area (Å²) in [6, 6.07) is 13.1. The van der Waals surface area contributed by atoms with Crippen molar-refractivity contribution in [1.29, 1.82) is 0 Å². The molecule has 160 valence electrons. The second-order valence-electron chi connectivity index (χ2n) is 7.29. The molecule has 2 aromatic carbocycles. The predicted molar refractivity (Wildman–Crippen MR) is 119 cm³/mol. The number of amides is 2. The fourth-order valence-electron chi connectivity index (χ4n) is 3.62. The van der Waals surface area contributed by atoms with Crippen molar-refractivity contribution in [2.45, 2.75) is 31.7 Å². The number of benzene rings is 2. The van der Waals surface area contributed by atoms with Crippen LogP contribution in [-0.2, 0) is 11.2 Å². The van der Waals surface area contributed by atoms with Gasteiger partial charge in [0.25, 0.3) is 5.91 Å². The number of hydrogen-bond acceptors (Lipinski definition) is 4. The summed E-state index contributed by atoms with van der Waals surface area (Å²) in [6.45, 7) is 1.32. The zero-order chi connectivity index (χ0) is 21.5. The molecule has 0 radical (unpaired) electrons. The quantitative estimate of drug-likeness (QED) is 0.662. The molecule has 0 aromatic heterocycles. The topological polar surface area (TPSA) is 67.9 Å². The molecular weight excluding hydrogens is 448 g/mol. The van der Waals surface area contributed by atoms with Gasteiger partial charge >= 0.3 is 0 Å². The Morgan fingerprint density at radius 2 is 1.77 bits per heavy atom. The van der Waals surface area contributed by atoms with E-state index < -0.39 is 0 Å². The van der Waals surface area contributed by atoms with E-state index in [1.54, 1.807) is 32.4 Å². The van der Waals surface area contributed by atoms with Crippen molar-refractivity contribution >= 4 is 27.7 Å². The lowest BCUT2D eigenvalue weighted by molar-refractivity contribution is -0.132. The number of piperidine rings is 1. The van der Waals surface area contributed by atoms with Crippen molar-refractivity contribution < 1.29 is 19.1 Å². The molecule has 0 aliphatic carbocycles. The van der Waals surface area contributed by atoms with E-state index >= 15 is 0 Å². The summed E-state index contributed by atoms with van der Waals surface area (Å²) < 4.78 is 11.5. The average Bonchev–Trinajstić information content (AvgIpc) is 2.78. The van der Waals surface area contributed by atoms with Crippen LogP contribution in [0.2, 0.25) is 0 Å². The maximum Gasteiger partial charge on any atom is 0.251 e. The van der Waals surface area contributed by atoms with Crippen molar-refractivity contribution in [3.63, 3.8) is 0 Å². The number of methoxy groups -OCH3 is 2. The first-order valence-corrected chi connectivity index (χ1v) is 10.8. The number of carbonyl (C=O) groups excluding carboxylic acids is 2. The van der Waals surface area contributed by atoms with Crippen LogP contribution in [0, 0.1) is 0 Å². The highest BCUT2D eigenvalue weighted by atomic mass is 79.9. The molecule has 0 unspecified atom stereocenters. The van der Waals surface area contributed by atoms with Gasteiger partial charge in [0.05, 0.1) is 14.2 Å². The molecular formula is C23H27BrN2O4. The Labute approximate surface area is 185 Å². The predicted octanol–water partition coefficient (Wildman–Crippen LogP) is 3.82. The highest BCUT2D eigenvalue weighted by Gasteiger charge is 2.24. The molecule has 3 rings (SSSR count). The number of nitrogens with one attached hydrogen (secondary N) is 1. The van der Waals surface area contributed by atoms with E-state index in [0.717, 1.165) is 29.3 Å². The van der Waals surface area contributed by atoms with Gasteiger partial charge in [0, 0.05) is 35.6 Å². The molecule has 2 amide bonds. The monoisotopic (exact) mass is 474 g/mol. The summed E-state index contributed by atoms with van der Waals surface area (Å²) in [7, 11) is 3.11. The number of ether oxygens (including phenoxy) is 2. The van der Waals surface area contributed by atoms with Crippen LogP contribution in [0.5, 0.6) is 11.5 Å². The van der Waals surface area contributed by atoms with Gasteiger partial charge in [-0.25, -0.2) is 0 Å². The zero-order valence-electron chi connectivity index (χ0n) is 17.3. The Kier molecular flexibility index (Phi) is 7.74. The molecule has 0 bridgehead atoms. The van der Waals surface area contributed by atoms with Crippen molar-refractivity contribution in [3.05, 3.63) is 58.1 Å².